The summed E-state index contributed by atoms with van der Waals surface area (Å²) in [6, 6.07) is 20.5. The quantitative estimate of drug-likeness (QED) is 0.731. The first-order chi connectivity index (χ1) is 8.78. The van der Waals surface area contributed by atoms with Gasteiger partial charge in [-0.1, -0.05) is 60.2 Å². The van der Waals surface area contributed by atoms with Crippen LogP contribution in [0.3, 0.4) is 0 Å². The van der Waals surface area contributed by atoms with Gasteiger partial charge in [-0.3, -0.25) is 0 Å². The summed E-state index contributed by atoms with van der Waals surface area (Å²) < 4.78 is 0. The van der Waals surface area contributed by atoms with Gasteiger partial charge in [0.05, 0.1) is 6.07 Å². The van der Waals surface area contributed by atoms with Crippen molar-refractivity contribution in [2.45, 2.75) is 13.3 Å². The van der Waals surface area contributed by atoms with Crippen molar-refractivity contribution in [3.8, 4) is 6.07 Å². The van der Waals surface area contributed by atoms with E-state index < -0.39 is 0 Å². The minimum absolute atomic E-state index is 0.686. The van der Waals surface area contributed by atoms with E-state index in [4.69, 9.17) is 0 Å². The summed E-state index contributed by atoms with van der Waals surface area (Å²) in [5.41, 5.74) is 4.25. The molecule has 0 fully saturated rings. The van der Waals surface area contributed by atoms with Crippen LogP contribution in [0.25, 0.3) is 6.08 Å². The molecule has 0 aliphatic heterocycles. The molecule has 0 radical (unpaired) electrons. The van der Waals surface area contributed by atoms with E-state index in [1.54, 1.807) is 0 Å². The van der Waals surface area contributed by atoms with E-state index in [2.05, 4.69) is 25.1 Å². The molecule has 2 rings (SSSR count). The van der Waals surface area contributed by atoms with E-state index in [0.29, 0.717) is 6.42 Å². The van der Waals surface area contributed by atoms with E-state index >= 15 is 0 Å². The van der Waals surface area contributed by atoms with Crippen molar-refractivity contribution in [3.05, 3.63) is 76.9 Å². The lowest BCUT2D eigenvalue weighted by atomic mass is 10.0. The zero-order valence-electron chi connectivity index (χ0n) is 10.4. The summed E-state index contributed by atoms with van der Waals surface area (Å²) in [6.45, 7) is 2.06. The van der Waals surface area contributed by atoms with Gasteiger partial charge in [0.15, 0.2) is 0 Å². The second kappa shape index (κ2) is 5.84. The molecule has 2 aromatic carbocycles. The third-order valence-electron chi connectivity index (χ3n) is 2.80. The van der Waals surface area contributed by atoms with Gasteiger partial charge in [-0.15, -0.1) is 0 Å². The average molecular weight is 233 g/mol. The second-order valence-corrected chi connectivity index (χ2v) is 4.35. The first kappa shape index (κ1) is 12.1. The molecule has 88 valence electrons. The molecule has 0 atom stereocenters. The van der Waals surface area contributed by atoms with Crippen molar-refractivity contribution in [3.63, 3.8) is 0 Å². The van der Waals surface area contributed by atoms with Gasteiger partial charge in [0, 0.05) is 12.0 Å². The second-order valence-electron chi connectivity index (χ2n) is 4.35. The van der Waals surface area contributed by atoms with Gasteiger partial charge in [-0.25, -0.2) is 0 Å². The van der Waals surface area contributed by atoms with Gasteiger partial charge in [0.2, 0.25) is 0 Å². The van der Waals surface area contributed by atoms with Gasteiger partial charge in [-0.05, 0) is 24.1 Å². The van der Waals surface area contributed by atoms with Crippen LogP contribution in [0.2, 0.25) is 0 Å². The third kappa shape index (κ3) is 3.33. The molecule has 0 amide bonds. The van der Waals surface area contributed by atoms with Crippen molar-refractivity contribution in [1.82, 2.24) is 0 Å². The van der Waals surface area contributed by atoms with Gasteiger partial charge < -0.3 is 0 Å². The molecular weight excluding hydrogens is 218 g/mol. The molecule has 0 spiro atoms. The Morgan fingerprint density at radius 2 is 1.72 bits per heavy atom. The third-order valence-corrected chi connectivity index (χ3v) is 2.80. The van der Waals surface area contributed by atoms with Gasteiger partial charge >= 0.3 is 0 Å². The lowest BCUT2D eigenvalue weighted by molar-refractivity contribution is 1.21. The fraction of sp³-hybridized carbons (Fsp3) is 0.118. The predicted octanol–water partition coefficient (Wildman–Crippen LogP) is 4.14. The van der Waals surface area contributed by atoms with Crippen LogP contribution in [0.1, 0.15) is 16.7 Å². The highest BCUT2D eigenvalue weighted by Crippen LogP contribution is 2.12. The minimum Gasteiger partial charge on any atom is -0.193 e. The largest absolute Gasteiger partial charge is 0.193 e. The molecule has 0 aliphatic carbocycles. The Kier molecular flexibility index (Phi) is 3.94. The number of allylic oxidation sites excluding steroid dienone is 1. The number of hydrogen-bond donors (Lipinski definition) is 0. The highest BCUT2D eigenvalue weighted by Gasteiger charge is 1.99. The Morgan fingerprint density at radius 1 is 1.06 bits per heavy atom. The molecule has 0 saturated carbocycles. The van der Waals surface area contributed by atoms with Gasteiger partial charge in [-0.2, -0.15) is 5.26 Å². The Morgan fingerprint density at radius 3 is 2.33 bits per heavy atom. The van der Waals surface area contributed by atoms with Gasteiger partial charge in [0.1, 0.15) is 0 Å². The van der Waals surface area contributed by atoms with E-state index in [-0.39, 0.29) is 0 Å². The molecule has 0 aliphatic rings. The number of nitriles is 1. The van der Waals surface area contributed by atoms with E-state index in [1.807, 2.05) is 48.5 Å². The molecule has 2 aromatic rings. The summed E-state index contributed by atoms with van der Waals surface area (Å²) >= 11 is 0. The normalized spacial score (nSPS) is 11.0. The Bertz CT molecular complexity index is 571. The zero-order chi connectivity index (χ0) is 12.8. The molecule has 0 bridgehead atoms. The van der Waals surface area contributed by atoms with Crippen molar-refractivity contribution in [2.24, 2.45) is 0 Å². The molecule has 0 unspecified atom stereocenters. The van der Waals surface area contributed by atoms with Crippen molar-refractivity contribution >= 4 is 6.08 Å². The number of aryl methyl sites for hydroxylation is 1. The summed E-state index contributed by atoms with van der Waals surface area (Å²) in [5, 5.41) is 9.18. The van der Waals surface area contributed by atoms with Crippen LogP contribution < -0.4 is 0 Å². The molecule has 0 N–H and O–H groups in total. The topological polar surface area (TPSA) is 23.8 Å². The monoisotopic (exact) mass is 233 g/mol. The van der Waals surface area contributed by atoms with E-state index in [9.17, 15) is 5.26 Å². The van der Waals surface area contributed by atoms with Crippen molar-refractivity contribution in [1.29, 1.82) is 5.26 Å². The smallest absolute Gasteiger partial charge is 0.0950 e. The molecule has 1 heteroatoms. The lowest BCUT2D eigenvalue weighted by Crippen LogP contribution is -1.88. The lowest BCUT2D eigenvalue weighted by Gasteiger charge is -2.00. The number of hydrogen-bond acceptors (Lipinski definition) is 1. The van der Waals surface area contributed by atoms with Crippen LogP contribution in [0.15, 0.2) is 60.2 Å². The predicted molar refractivity (Wildman–Crippen MR) is 74.9 cm³/mol. The summed E-state index contributed by atoms with van der Waals surface area (Å²) in [4.78, 5) is 0. The Labute approximate surface area is 108 Å². The van der Waals surface area contributed by atoms with Crippen LogP contribution in [0.5, 0.6) is 0 Å². The number of benzene rings is 2. The molecule has 0 heterocycles. The molecular formula is C17H15N. The van der Waals surface area contributed by atoms with E-state index in [0.717, 1.165) is 16.7 Å². The maximum absolute atomic E-state index is 9.18. The van der Waals surface area contributed by atoms with Crippen LogP contribution in [0.4, 0.5) is 0 Å². The maximum atomic E-state index is 9.18. The first-order valence-electron chi connectivity index (χ1n) is 5.99. The standard InChI is InChI=1S/C17H15N/c1-14-7-9-16(10-8-14)12-17(13-18)11-15-5-3-2-4-6-15/h2-10,12H,11H2,1H3/b17-12+. The fourth-order valence-electron chi connectivity index (χ4n) is 1.80. The fourth-order valence-corrected chi connectivity index (χ4v) is 1.80. The Balaban J connectivity index is 2.19. The highest BCUT2D eigenvalue weighted by molar-refractivity contribution is 5.58. The SMILES string of the molecule is Cc1ccc(/C=C(/C#N)Cc2ccccc2)cc1. The van der Waals surface area contributed by atoms with E-state index in [1.165, 1.54) is 5.56 Å². The van der Waals surface area contributed by atoms with Crippen molar-refractivity contribution in [2.75, 3.05) is 0 Å². The maximum Gasteiger partial charge on any atom is 0.0950 e. The number of nitrogens with zero attached hydrogens (tertiary/aromatic N) is 1. The van der Waals surface area contributed by atoms with Crippen molar-refractivity contribution < 1.29 is 0 Å². The first-order valence-corrected chi connectivity index (χ1v) is 5.99. The zero-order valence-corrected chi connectivity index (χ0v) is 10.4. The summed E-state index contributed by atoms with van der Waals surface area (Å²) in [6.07, 6.45) is 2.64. The molecule has 0 aromatic heterocycles. The van der Waals surface area contributed by atoms with Crippen LogP contribution in [0, 0.1) is 18.3 Å². The molecule has 0 saturated heterocycles. The van der Waals surface area contributed by atoms with Gasteiger partial charge in [0.25, 0.3) is 0 Å². The van der Waals surface area contributed by atoms with Crippen LogP contribution in [-0.4, -0.2) is 0 Å². The summed E-state index contributed by atoms with van der Waals surface area (Å²) in [5.74, 6) is 0. The summed E-state index contributed by atoms with van der Waals surface area (Å²) in [7, 11) is 0. The minimum atomic E-state index is 0.686. The van der Waals surface area contributed by atoms with Crippen LogP contribution >= 0.6 is 0 Å². The highest BCUT2D eigenvalue weighted by atomic mass is 14.2. The average Bonchev–Trinajstić information content (AvgIpc) is 2.41. The molecule has 1 nitrogen and oxygen atoms in total. The van der Waals surface area contributed by atoms with Crippen LogP contribution in [-0.2, 0) is 6.42 Å². The number of rotatable bonds is 3. The molecule has 18 heavy (non-hydrogen) atoms. The Hall–Kier alpha value is -2.33.